The van der Waals surface area contributed by atoms with E-state index in [0.29, 0.717) is 28.6 Å². The van der Waals surface area contributed by atoms with E-state index in [2.05, 4.69) is 10.5 Å². The molecule has 1 saturated carbocycles. The molecule has 8 heteroatoms. The maximum Gasteiger partial charge on any atom is 0.321 e. The van der Waals surface area contributed by atoms with Crippen molar-refractivity contribution in [3.63, 3.8) is 0 Å². The fourth-order valence-electron chi connectivity index (χ4n) is 3.15. The first-order valence-electron chi connectivity index (χ1n) is 8.64. The maximum atomic E-state index is 12.6. The first-order valence-corrected chi connectivity index (χ1v) is 10.2. The Bertz CT molecular complexity index is 868. The van der Waals surface area contributed by atoms with Crippen LogP contribution in [0.1, 0.15) is 37.1 Å². The Kier molecular flexibility index (Phi) is 5.31. The molecule has 0 bridgehead atoms. The van der Waals surface area contributed by atoms with Gasteiger partial charge in [0.2, 0.25) is 0 Å². The number of hydrogen-bond acceptors (Lipinski definition) is 5. The topological polar surface area (TPSA) is 92.5 Å². The van der Waals surface area contributed by atoms with E-state index in [0.717, 1.165) is 25.7 Å². The minimum Gasteiger partial charge on any atom is -0.361 e. The van der Waals surface area contributed by atoms with E-state index in [1.165, 1.54) is 4.90 Å². The van der Waals surface area contributed by atoms with Crippen LogP contribution in [0.2, 0.25) is 0 Å². The lowest BCUT2D eigenvalue weighted by molar-refractivity contribution is 0.219. The normalized spacial score (nSPS) is 15.2. The van der Waals surface area contributed by atoms with Gasteiger partial charge in [-0.25, -0.2) is 13.2 Å². The van der Waals surface area contributed by atoms with Crippen molar-refractivity contribution in [2.75, 3.05) is 12.4 Å². The molecule has 1 aliphatic rings. The second-order valence-electron chi connectivity index (χ2n) is 6.69. The van der Waals surface area contributed by atoms with Crippen molar-refractivity contribution in [3.8, 4) is 0 Å². The van der Waals surface area contributed by atoms with E-state index < -0.39 is 9.84 Å². The van der Waals surface area contributed by atoms with Gasteiger partial charge >= 0.3 is 6.03 Å². The summed E-state index contributed by atoms with van der Waals surface area (Å²) in [5, 5.41) is 6.33. The summed E-state index contributed by atoms with van der Waals surface area (Å²) in [6.07, 6.45) is 3.39. The smallest absolute Gasteiger partial charge is 0.321 e. The molecule has 1 aromatic carbocycles. The zero-order valence-electron chi connectivity index (χ0n) is 14.9. The molecule has 26 heavy (non-hydrogen) atoms. The molecule has 1 N–H and O–H groups in total. The van der Waals surface area contributed by atoms with Crippen LogP contribution in [-0.4, -0.2) is 36.8 Å². The van der Waals surface area contributed by atoms with Crippen molar-refractivity contribution < 1.29 is 17.7 Å². The first kappa shape index (κ1) is 18.4. The Labute approximate surface area is 153 Å². The maximum absolute atomic E-state index is 12.6. The summed E-state index contributed by atoms with van der Waals surface area (Å²) in [5.74, 6) is 0.688. The van der Waals surface area contributed by atoms with Gasteiger partial charge in [0.15, 0.2) is 9.84 Å². The highest BCUT2D eigenvalue weighted by Crippen LogP contribution is 2.30. The summed E-state index contributed by atoms with van der Waals surface area (Å²) in [7, 11) is -1.63. The van der Waals surface area contributed by atoms with E-state index in [1.807, 2.05) is 0 Å². The third-order valence-corrected chi connectivity index (χ3v) is 6.88. The predicted octanol–water partition coefficient (Wildman–Crippen LogP) is 3.36. The Morgan fingerprint density at radius 2 is 1.92 bits per heavy atom. The predicted molar refractivity (Wildman–Crippen MR) is 97.6 cm³/mol. The molecule has 0 aliphatic heterocycles. The van der Waals surface area contributed by atoms with Gasteiger partial charge in [0.05, 0.1) is 16.7 Å². The van der Waals surface area contributed by atoms with Crippen LogP contribution in [0.5, 0.6) is 0 Å². The molecule has 0 spiro atoms. The molecule has 2 aromatic rings. The van der Waals surface area contributed by atoms with Gasteiger partial charge in [-0.15, -0.1) is 0 Å². The van der Waals surface area contributed by atoms with Gasteiger partial charge in [-0.1, -0.05) is 18.0 Å². The van der Waals surface area contributed by atoms with Gasteiger partial charge in [-0.3, -0.25) is 0 Å². The van der Waals surface area contributed by atoms with Crippen LogP contribution in [0.25, 0.3) is 0 Å². The number of rotatable bonds is 5. The fourth-order valence-corrected chi connectivity index (χ4v) is 5.00. The molecular formula is C18H23N3O4S. The average molecular weight is 377 g/mol. The summed E-state index contributed by atoms with van der Waals surface area (Å²) in [5.41, 5.74) is 1.21. The second kappa shape index (κ2) is 7.49. The summed E-state index contributed by atoms with van der Waals surface area (Å²) in [6.45, 7) is 2.11. The zero-order chi connectivity index (χ0) is 18.7. The Morgan fingerprint density at radius 1 is 1.27 bits per heavy atom. The number of amides is 2. The molecule has 0 saturated heterocycles. The highest BCUT2D eigenvalue weighted by atomic mass is 32.2. The van der Waals surface area contributed by atoms with Crippen LogP contribution in [0.15, 0.2) is 39.8 Å². The number of aryl methyl sites for hydroxylation is 1. The summed E-state index contributed by atoms with van der Waals surface area (Å²) in [6, 6.07) is 7.82. The number of sulfone groups is 1. The third-order valence-electron chi connectivity index (χ3n) is 4.60. The number of aromatic nitrogens is 1. The molecule has 2 amide bonds. The quantitative estimate of drug-likeness (QED) is 0.862. The molecule has 3 rings (SSSR count). The molecule has 1 aliphatic carbocycles. The van der Waals surface area contributed by atoms with E-state index in [4.69, 9.17) is 4.52 Å². The average Bonchev–Trinajstić information content (AvgIpc) is 3.27. The number of carbonyl (C=O) groups is 1. The summed E-state index contributed by atoms with van der Waals surface area (Å²) in [4.78, 5) is 14.0. The highest BCUT2D eigenvalue weighted by Gasteiger charge is 2.30. The number of nitrogens with one attached hydrogen (secondary N) is 1. The van der Waals surface area contributed by atoms with Gasteiger partial charge < -0.3 is 14.7 Å². The number of hydrogen-bond donors (Lipinski definition) is 1. The van der Waals surface area contributed by atoms with Crippen molar-refractivity contribution in [1.29, 1.82) is 0 Å². The molecule has 0 atom stereocenters. The van der Waals surface area contributed by atoms with Crippen molar-refractivity contribution in [1.82, 2.24) is 10.1 Å². The Morgan fingerprint density at radius 3 is 2.50 bits per heavy atom. The number of nitrogens with zero attached hydrogens (tertiary/aromatic N) is 2. The molecule has 7 nitrogen and oxygen atoms in total. The molecule has 1 heterocycles. The van der Waals surface area contributed by atoms with E-state index in [1.54, 1.807) is 44.3 Å². The SMILES string of the molecule is Cc1cc(CN(C)C(=O)Nc2ccc(S(=O)(=O)C3CCCC3)cc2)no1. The minimum atomic E-state index is -3.28. The molecule has 140 valence electrons. The van der Waals surface area contributed by atoms with Gasteiger partial charge in [0, 0.05) is 18.8 Å². The van der Waals surface area contributed by atoms with Crippen LogP contribution in [-0.2, 0) is 16.4 Å². The monoisotopic (exact) mass is 377 g/mol. The molecule has 1 aromatic heterocycles. The lowest BCUT2D eigenvalue weighted by Gasteiger charge is -2.17. The van der Waals surface area contributed by atoms with E-state index >= 15 is 0 Å². The van der Waals surface area contributed by atoms with Gasteiger partial charge in [0.25, 0.3) is 0 Å². The van der Waals surface area contributed by atoms with Crippen LogP contribution in [0, 0.1) is 6.92 Å². The van der Waals surface area contributed by atoms with Gasteiger partial charge in [-0.2, -0.15) is 0 Å². The van der Waals surface area contributed by atoms with Crippen molar-refractivity contribution >= 4 is 21.6 Å². The molecule has 0 unspecified atom stereocenters. The largest absolute Gasteiger partial charge is 0.361 e. The van der Waals surface area contributed by atoms with Gasteiger partial charge in [0.1, 0.15) is 11.5 Å². The molecule has 0 radical (unpaired) electrons. The van der Waals surface area contributed by atoms with Crippen LogP contribution in [0.4, 0.5) is 10.5 Å². The lowest BCUT2D eigenvalue weighted by Crippen LogP contribution is -2.30. The fraction of sp³-hybridized carbons (Fsp3) is 0.444. The van der Waals surface area contributed by atoms with Crippen LogP contribution < -0.4 is 5.32 Å². The van der Waals surface area contributed by atoms with E-state index in [-0.39, 0.29) is 11.3 Å². The second-order valence-corrected chi connectivity index (χ2v) is 8.92. The van der Waals surface area contributed by atoms with Crippen molar-refractivity contribution in [3.05, 3.63) is 41.8 Å². The highest BCUT2D eigenvalue weighted by molar-refractivity contribution is 7.92. The zero-order valence-corrected chi connectivity index (χ0v) is 15.8. The van der Waals surface area contributed by atoms with Crippen LogP contribution in [0.3, 0.4) is 0 Å². The van der Waals surface area contributed by atoms with Crippen molar-refractivity contribution in [2.45, 2.75) is 49.3 Å². The van der Waals surface area contributed by atoms with Crippen molar-refractivity contribution in [2.24, 2.45) is 0 Å². The summed E-state index contributed by atoms with van der Waals surface area (Å²) < 4.78 is 30.1. The number of carbonyl (C=O) groups excluding carboxylic acids is 1. The third kappa shape index (κ3) is 4.07. The minimum absolute atomic E-state index is 0.278. The summed E-state index contributed by atoms with van der Waals surface area (Å²) >= 11 is 0. The standard InChI is InChI=1S/C18H23N3O4S/c1-13-11-15(20-25-13)12-21(2)18(22)19-14-7-9-17(10-8-14)26(23,24)16-5-3-4-6-16/h7-11,16H,3-6,12H2,1-2H3,(H,19,22). The first-order chi connectivity index (χ1) is 12.4. The Balaban J connectivity index is 1.62. The van der Waals surface area contributed by atoms with Crippen LogP contribution >= 0.6 is 0 Å². The lowest BCUT2D eigenvalue weighted by atomic mass is 10.3. The number of anilines is 1. The number of benzene rings is 1. The number of urea groups is 1. The molecular weight excluding hydrogens is 354 g/mol. The van der Waals surface area contributed by atoms with Gasteiger partial charge in [-0.05, 0) is 44.0 Å². The molecule has 1 fully saturated rings. The van der Waals surface area contributed by atoms with E-state index in [9.17, 15) is 13.2 Å². The Hall–Kier alpha value is -2.35.